The Hall–Kier alpha value is -2.69. The molecule has 0 saturated carbocycles. The maximum Gasteiger partial charge on any atom is 0.271 e. The number of nitrogens with one attached hydrogen (secondary N) is 1. The Kier molecular flexibility index (Phi) is 6.28. The number of hydrazone groups is 1. The van der Waals surface area contributed by atoms with Gasteiger partial charge in [-0.05, 0) is 72.9 Å². The second-order valence-corrected chi connectivity index (χ2v) is 6.04. The van der Waals surface area contributed by atoms with E-state index in [1.165, 1.54) is 24.3 Å². The van der Waals surface area contributed by atoms with Gasteiger partial charge >= 0.3 is 0 Å². The molecule has 0 spiro atoms. The Morgan fingerprint density at radius 3 is 2.56 bits per heavy atom. The lowest BCUT2D eigenvalue weighted by Crippen LogP contribution is -2.17. The normalized spacial score (nSPS) is 11.1. The van der Waals surface area contributed by atoms with Crippen molar-refractivity contribution >= 4 is 12.1 Å². The molecule has 0 bridgehead atoms. The molecule has 1 N–H and O–H groups in total. The number of halogens is 1. The van der Waals surface area contributed by atoms with Gasteiger partial charge in [0, 0.05) is 5.56 Å². The van der Waals surface area contributed by atoms with Gasteiger partial charge in [-0.2, -0.15) is 5.10 Å². The van der Waals surface area contributed by atoms with Crippen LogP contribution in [0, 0.1) is 12.7 Å². The van der Waals surface area contributed by atoms with Crippen LogP contribution in [-0.4, -0.2) is 18.7 Å². The minimum absolute atomic E-state index is 0.308. The molecule has 25 heavy (non-hydrogen) atoms. The number of nitrogens with zero attached hydrogens (tertiary/aromatic N) is 1. The van der Waals surface area contributed by atoms with E-state index < -0.39 is 0 Å². The quantitative estimate of drug-likeness (QED) is 0.624. The molecule has 0 aliphatic heterocycles. The molecule has 0 aliphatic carbocycles. The maximum absolute atomic E-state index is 12.9. The fraction of sp³-hybridized carbons (Fsp3) is 0.300. The van der Waals surface area contributed by atoms with Crippen LogP contribution in [0.15, 0.2) is 41.5 Å². The van der Waals surface area contributed by atoms with Crippen molar-refractivity contribution in [3.63, 3.8) is 0 Å². The zero-order chi connectivity index (χ0) is 18.4. The molecular weight excluding hydrogens is 319 g/mol. The average Bonchev–Trinajstić information content (AvgIpc) is 2.57. The van der Waals surface area contributed by atoms with Crippen molar-refractivity contribution in [1.29, 1.82) is 0 Å². The molecule has 0 aromatic heterocycles. The first-order chi connectivity index (χ1) is 11.9. The molecule has 0 heterocycles. The second-order valence-electron chi connectivity index (χ2n) is 6.04. The lowest BCUT2D eigenvalue weighted by Gasteiger charge is -2.15. The van der Waals surface area contributed by atoms with E-state index in [2.05, 4.69) is 24.4 Å². The number of hydrogen-bond donors (Lipinski definition) is 1. The third-order valence-corrected chi connectivity index (χ3v) is 3.80. The van der Waals surface area contributed by atoms with E-state index in [1.54, 1.807) is 6.21 Å². The van der Waals surface area contributed by atoms with Gasteiger partial charge in [-0.1, -0.05) is 13.8 Å². The van der Waals surface area contributed by atoms with Crippen molar-refractivity contribution in [2.45, 2.75) is 33.6 Å². The van der Waals surface area contributed by atoms with Gasteiger partial charge in [0.2, 0.25) is 0 Å². The fourth-order valence-electron chi connectivity index (χ4n) is 2.41. The average molecular weight is 342 g/mol. The van der Waals surface area contributed by atoms with Gasteiger partial charge in [0.25, 0.3) is 5.91 Å². The number of hydrogen-bond acceptors (Lipinski definition) is 3. The number of aryl methyl sites for hydroxylation is 1. The highest BCUT2D eigenvalue weighted by Gasteiger charge is 2.11. The van der Waals surface area contributed by atoms with Crippen LogP contribution in [0.1, 0.15) is 53.7 Å². The van der Waals surface area contributed by atoms with E-state index in [4.69, 9.17) is 4.74 Å². The van der Waals surface area contributed by atoms with E-state index in [1.807, 2.05) is 26.0 Å². The summed E-state index contributed by atoms with van der Waals surface area (Å²) in [7, 11) is 0. The van der Waals surface area contributed by atoms with Crippen LogP contribution >= 0.6 is 0 Å². The third-order valence-electron chi connectivity index (χ3n) is 3.80. The Balaban J connectivity index is 2.16. The maximum atomic E-state index is 12.9. The first-order valence-electron chi connectivity index (χ1n) is 8.28. The summed E-state index contributed by atoms with van der Waals surface area (Å²) in [6.07, 6.45) is 1.61. The van der Waals surface area contributed by atoms with Crippen LogP contribution in [0.3, 0.4) is 0 Å². The topological polar surface area (TPSA) is 50.7 Å². The molecule has 0 atom stereocenters. The molecule has 132 valence electrons. The Morgan fingerprint density at radius 1 is 1.28 bits per heavy atom. The van der Waals surface area contributed by atoms with Crippen molar-refractivity contribution in [3.8, 4) is 5.75 Å². The Bertz CT molecular complexity index is 768. The van der Waals surface area contributed by atoms with E-state index in [0.29, 0.717) is 18.1 Å². The predicted molar refractivity (Wildman–Crippen MR) is 97.9 cm³/mol. The van der Waals surface area contributed by atoms with Crippen LogP contribution in [0.5, 0.6) is 5.75 Å². The van der Waals surface area contributed by atoms with E-state index in [-0.39, 0.29) is 11.7 Å². The monoisotopic (exact) mass is 342 g/mol. The van der Waals surface area contributed by atoms with Crippen molar-refractivity contribution < 1.29 is 13.9 Å². The van der Waals surface area contributed by atoms with Gasteiger partial charge in [-0.15, -0.1) is 0 Å². The zero-order valence-electron chi connectivity index (χ0n) is 15.0. The molecule has 4 nitrogen and oxygen atoms in total. The highest BCUT2D eigenvalue weighted by molar-refractivity contribution is 5.95. The number of amides is 1. The van der Waals surface area contributed by atoms with E-state index >= 15 is 0 Å². The summed E-state index contributed by atoms with van der Waals surface area (Å²) in [6.45, 7) is 8.74. The van der Waals surface area contributed by atoms with E-state index in [0.717, 1.165) is 22.4 Å². The molecule has 2 aromatic carbocycles. The molecular formula is C20H23FN2O2. The van der Waals surface area contributed by atoms with Gasteiger partial charge in [0.15, 0.2) is 0 Å². The summed E-state index contributed by atoms with van der Waals surface area (Å²) in [5.74, 6) is 0.417. The van der Waals surface area contributed by atoms with Gasteiger partial charge < -0.3 is 4.74 Å². The first-order valence-corrected chi connectivity index (χ1v) is 8.28. The standard InChI is InChI=1S/C20H23FN2O2/c1-5-25-19-10-14(4)16(11-18(19)13(2)3)12-22-23-20(24)15-6-8-17(21)9-7-15/h6-13H,5H2,1-4H3,(H,23,24)/b22-12-. The molecule has 0 radical (unpaired) electrons. The molecule has 0 unspecified atom stereocenters. The van der Waals surface area contributed by atoms with E-state index in [9.17, 15) is 9.18 Å². The van der Waals surface area contributed by atoms with Crippen molar-refractivity contribution in [2.24, 2.45) is 5.10 Å². The number of carbonyl (C=O) groups excluding carboxylic acids is 1. The molecule has 0 saturated heterocycles. The Labute approximate surface area is 147 Å². The van der Waals surface area contributed by atoms with Crippen LogP contribution in [0.4, 0.5) is 4.39 Å². The third kappa shape index (κ3) is 4.89. The first kappa shape index (κ1) is 18.6. The van der Waals surface area contributed by atoms with Crippen molar-refractivity contribution in [3.05, 3.63) is 64.5 Å². The number of benzene rings is 2. The van der Waals surface area contributed by atoms with Crippen LogP contribution < -0.4 is 10.2 Å². The number of rotatable bonds is 6. The molecule has 1 amide bonds. The van der Waals surface area contributed by atoms with Gasteiger partial charge in [0.1, 0.15) is 11.6 Å². The van der Waals surface area contributed by atoms with Crippen LogP contribution in [-0.2, 0) is 0 Å². The van der Waals surface area contributed by atoms with Crippen molar-refractivity contribution in [2.75, 3.05) is 6.61 Å². The Morgan fingerprint density at radius 2 is 1.96 bits per heavy atom. The van der Waals surface area contributed by atoms with Crippen molar-refractivity contribution in [1.82, 2.24) is 5.43 Å². The summed E-state index contributed by atoms with van der Waals surface area (Å²) >= 11 is 0. The summed E-state index contributed by atoms with van der Waals surface area (Å²) in [5.41, 5.74) is 5.82. The SMILES string of the molecule is CCOc1cc(C)c(/C=N\NC(=O)c2ccc(F)cc2)cc1C(C)C. The van der Waals surface area contributed by atoms with Crippen LogP contribution in [0.25, 0.3) is 0 Å². The highest BCUT2D eigenvalue weighted by Crippen LogP contribution is 2.29. The smallest absolute Gasteiger partial charge is 0.271 e. The number of carbonyl (C=O) groups is 1. The van der Waals surface area contributed by atoms with Gasteiger partial charge in [-0.25, -0.2) is 9.82 Å². The predicted octanol–water partition coefficient (Wildman–Crippen LogP) is 4.42. The fourth-order valence-corrected chi connectivity index (χ4v) is 2.41. The van der Waals surface area contributed by atoms with Gasteiger partial charge in [-0.3, -0.25) is 4.79 Å². The molecule has 2 rings (SSSR count). The van der Waals surface area contributed by atoms with Gasteiger partial charge in [0.05, 0.1) is 12.8 Å². The highest BCUT2D eigenvalue weighted by atomic mass is 19.1. The summed E-state index contributed by atoms with van der Waals surface area (Å²) in [4.78, 5) is 12.0. The molecule has 0 aliphatic rings. The zero-order valence-corrected chi connectivity index (χ0v) is 15.0. The second kappa shape index (κ2) is 8.42. The molecule has 2 aromatic rings. The van der Waals surface area contributed by atoms with Crippen LogP contribution in [0.2, 0.25) is 0 Å². The summed E-state index contributed by atoms with van der Waals surface area (Å²) in [6, 6.07) is 9.33. The molecule has 0 fully saturated rings. The largest absolute Gasteiger partial charge is 0.494 e. The molecule has 5 heteroatoms. The minimum atomic E-state index is -0.385. The minimum Gasteiger partial charge on any atom is -0.494 e. The lowest BCUT2D eigenvalue weighted by atomic mass is 9.97. The number of ether oxygens (including phenoxy) is 1. The summed E-state index contributed by atoms with van der Waals surface area (Å²) in [5, 5.41) is 4.02. The summed E-state index contributed by atoms with van der Waals surface area (Å²) < 4.78 is 18.6. The lowest BCUT2D eigenvalue weighted by molar-refractivity contribution is 0.0955.